The van der Waals surface area contributed by atoms with Gasteiger partial charge in [-0.05, 0) is 37.5 Å². The predicted octanol–water partition coefficient (Wildman–Crippen LogP) is 1.20. The molecule has 4 fully saturated rings. The molecule has 4 amide bonds. The Morgan fingerprint density at radius 3 is 2.50 bits per heavy atom. The summed E-state index contributed by atoms with van der Waals surface area (Å²) < 4.78 is 0. The molecule has 2 heterocycles. The highest BCUT2D eigenvalue weighted by Gasteiger charge is 2.56. The molecule has 0 radical (unpaired) electrons. The summed E-state index contributed by atoms with van der Waals surface area (Å²) in [6.45, 7) is 1.26. The molecule has 2 aliphatic carbocycles. The number of fused-ring (bicyclic) bond motifs is 1. The average Bonchev–Trinajstić information content (AvgIpc) is 3.24. The number of urea groups is 1. The van der Waals surface area contributed by atoms with Crippen LogP contribution in [0.1, 0.15) is 44.9 Å². The molecule has 2 saturated heterocycles. The Bertz CT molecular complexity index is 607. The first-order valence-electron chi connectivity index (χ1n) is 9.57. The van der Waals surface area contributed by atoms with E-state index in [1.807, 2.05) is 0 Å². The number of nitrogens with zero attached hydrogens (tertiary/aromatic N) is 3. The summed E-state index contributed by atoms with van der Waals surface area (Å²) in [7, 11) is 1.70. The summed E-state index contributed by atoms with van der Waals surface area (Å²) in [4.78, 5) is 42.9. The summed E-state index contributed by atoms with van der Waals surface area (Å²) in [6, 6.07) is -0.147. The van der Waals surface area contributed by atoms with Crippen molar-refractivity contribution in [2.24, 2.45) is 17.6 Å². The van der Waals surface area contributed by atoms with Crippen LogP contribution >= 0.6 is 12.4 Å². The van der Waals surface area contributed by atoms with Crippen LogP contribution in [0.25, 0.3) is 0 Å². The minimum absolute atomic E-state index is 0. The molecule has 0 aromatic carbocycles. The van der Waals surface area contributed by atoms with E-state index in [0.29, 0.717) is 37.8 Å². The quantitative estimate of drug-likeness (QED) is 0.725. The summed E-state index contributed by atoms with van der Waals surface area (Å²) in [5.41, 5.74) is 5.43. The van der Waals surface area contributed by atoms with E-state index in [0.717, 1.165) is 32.1 Å². The number of likely N-dealkylation sites (tertiary alicyclic amines) is 1. The molecule has 146 valence electrons. The molecule has 7 nitrogen and oxygen atoms in total. The fourth-order valence-electron chi connectivity index (χ4n) is 5.42. The second kappa shape index (κ2) is 7.00. The first-order valence-corrected chi connectivity index (χ1v) is 9.57. The minimum atomic E-state index is -0.709. The van der Waals surface area contributed by atoms with Gasteiger partial charge in [-0.15, -0.1) is 12.4 Å². The third kappa shape index (κ3) is 2.80. The highest BCUT2D eigenvalue weighted by molar-refractivity contribution is 6.09. The number of likely N-dealkylation sites (N-methyl/N-ethyl adjacent to an activating group) is 1. The molecule has 0 bridgehead atoms. The summed E-state index contributed by atoms with van der Waals surface area (Å²) in [5, 5.41) is 0. The molecule has 26 heavy (non-hydrogen) atoms. The fraction of sp³-hybridized carbons (Fsp3) is 0.833. The van der Waals surface area contributed by atoms with Crippen molar-refractivity contribution in [1.82, 2.24) is 14.7 Å². The number of carbonyl (C=O) groups excluding carboxylic acids is 3. The molecule has 4 aliphatic rings. The van der Waals surface area contributed by atoms with Gasteiger partial charge in [-0.25, -0.2) is 4.79 Å². The van der Waals surface area contributed by atoms with E-state index < -0.39 is 5.54 Å². The van der Waals surface area contributed by atoms with Gasteiger partial charge in [-0.1, -0.05) is 19.3 Å². The zero-order valence-corrected chi connectivity index (χ0v) is 16.2. The standard InChI is InChI=1S/C18H28N4O3.ClH/c1-20-17(25)22(16(24)18(20)7-3-2-4-8-18)11-15(23)21-9-12-5-6-14(19)13(12)10-21;/h12-14H,2-11,19H2,1H3;1H. The van der Waals surface area contributed by atoms with Crippen LogP contribution in [0.5, 0.6) is 0 Å². The Morgan fingerprint density at radius 2 is 1.85 bits per heavy atom. The summed E-state index contributed by atoms with van der Waals surface area (Å²) >= 11 is 0. The van der Waals surface area contributed by atoms with Gasteiger partial charge in [0, 0.05) is 26.2 Å². The van der Waals surface area contributed by atoms with Crippen LogP contribution in [-0.4, -0.2) is 70.8 Å². The monoisotopic (exact) mass is 384 g/mol. The smallest absolute Gasteiger partial charge is 0.327 e. The zero-order chi connectivity index (χ0) is 17.8. The Balaban J connectivity index is 0.00000196. The molecule has 2 aliphatic heterocycles. The van der Waals surface area contributed by atoms with Gasteiger partial charge in [-0.2, -0.15) is 0 Å². The number of hydrogen-bond acceptors (Lipinski definition) is 4. The van der Waals surface area contributed by atoms with Gasteiger partial charge < -0.3 is 15.5 Å². The maximum Gasteiger partial charge on any atom is 0.327 e. The number of carbonyl (C=O) groups is 3. The van der Waals surface area contributed by atoms with Gasteiger partial charge in [-0.3, -0.25) is 14.5 Å². The molecule has 0 aromatic rings. The van der Waals surface area contributed by atoms with Gasteiger partial charge >= 0.3 is 6.03 Å². The summed E-state index contributed by atoms with van der Waals surface area (Å²) in [5.74, 6) is 0.561. The average molecular weight is 385 g/mol. The van der Waals surface area contributed by atoms with E-state index in [4.69, 9.17) is 5.73 Å². The van der Waals surface area contributed by atoms with Crippen molar-refractivity contribution in [3.63, 3.8) is 0 Å². The molecular formula is C18H29ClN4O3. The highest BCUT2D eigenvalue weighted by Crippen LogP contribution is 2.40. The second-order valence-electron chi connectivity index (χ2n) is 8.29. The van der Waals surface area contributed by atoms with E-state index in [9.17, 15) is 14.4 Å². The van der Waals surface area contributed by atoms with Crippen molar-refractivity contribution in [3.05, 3.63) is 0 Å². The first-order chi connectivity index (χ1) is 11.9. The Labute approximate surface area is 160 Å². The van der Waals surface area contributed by atoms with Gasteiger partial charge in [0.15, 0.2) is 0 Å². The predicted molar refractivity (Wildman–Crippen MR) is 98.7 cm³/mol. The third-order valence-electron chi connectivity index (χ3n) is 7.04. The Kier molecular flexibility index (Phi) is 5.23. The van der Waals surface area contributed by atoms with Crippen LogP contribution in [0.3, 0.4) is 0 Å². The lowest BCUT2D eigenvalue weighted by atomic mass is 9.81. The molecule has 1 spiro atoms. The van der Waals surface area contributed by atoms with Gasteiger partial charge in [0.25, 0.3) is 5.91 Å². The highest BCUT2D eigenvalue weighted by atomic mass is 35.5. The molecule has 2 saturated carbocycles. The SMILES string of the molecule is CN1C(=O)N(CC(=O)N2CC3CCC(N)C3C2)C(=O)C12CCCCC2.Cl. The van der Waals surface area contributed by atoms with Crippen molar-refractivity contribution in [2.75, 3.05) is 26.7 Å². The topological polar surface area (TPSA) is 87.0 Å². The number of imide groups is 1. The lowest BCUT2D eigenvalue weighted by Gasteiger charge is -2.35. The van der Waals surface area contributed by atoms with Gasteiger partial charge in [0.2, 0.25) is 5.91 Å². The zero-order valence-electron chi connectivity index (χ0n) is 15.4. The second-order valence-corrected chi connectivity index (χ2v) is 8.29. The summed E-state index contributed by atoms with van der Waals surface area (Å²) in [6.07, 6.45) is 6.55. The molecule has 4 rings (SSSR count). The number of amides is 4. The molecule has 8 heteroatoms. The molecular weight excluding hydrogens is 356 g/mol. The van der Waals surface area contributed by atoms with E-state index in [-0.39, 0.29) is 42.8 Å². The van der Waals surface area contributed by atoms with Crippen molar-refractivity contribution < 1.29 is 14.4 Å². The fourth-order valence-corrected chi connectivity index (χ4v) is 5.42. The Morgan fingerprint density at radius 1 is 1.15 bits per heavy atom. The lowest BCUT2D eigenvalue weighted by molar-refractivity contribution is -0.140. The van der Waals surface area contributed by atoms with E-state index in [1.165, 1.54) is 4.90 Å². The van der Waals surface area contributed by atoms with E-state index in [1.54, 1.807) is 16.8 Å². The first kappa shape index (κ1) is 19.4. The van der Waals surface area contributed by atoms with Crippen molar-refractivity contribution in [2.45, 2.75) is 56.5 Å². The molecule has 3 atom stereocenters. The van der Waals surface area contributed by atoms with Crippen LogP contribution in [0.15, 0.2) is 0 Å². The number of halogens is 1. The van der Waals surface area contributed by atoms with Crippen molar-refractivity contribution in [1.29, 1.82) is 0 Å². The van der Waals surface area contributed by atoms with Crippen LogP contribution < -0.4 is 5.73 Å². The Hall–Kier alpha value is -1.34. The van der Waals surface area contributed by atoms with Crippen molar-refractivity contribution in [3.8, 4) is 0 Å². The van der Waals surface area contributed by atoms with Crippen molar-refractivity contribution >= 4 is 30.3 Å². The van der Waals surface area contributed by atoms with Crippen LogP contribution in [0.2, 0.25) is 0 Å². The maximum atomic E-state index is 13.0. The van der Waals surface area contributed by atoms with Crippen LogP contribution in [-0.2, 0) is 9.59 Å². The van der Waals surface area contributed by atoms with Crippen LogP contribution in [0, 0.1) is 11.8 Å². The lowest BCUT2D eigenvalue weighted by Crippen LogP contribution is -2.49. The maximum absolute atomic E-state index is 13.0. The number of nitrogens with two attached hydrogens (primary N) is 1. The van der Waals surface area contributed by atoms with E-state index >= 15 is 0 Å². The molecule has 0 aromatic heterocycles. The largest absolute Gasteiger partial charge is 0.341 e. The van der Waals surface area contributed by atoms with Gasteiger partial charge in [0.1, 0.15) is 12.1 Å². The molecule has 3 unspecified atom stereocenters. The van der Waals surface area contributed by atoms with Crippen LogP contribution in [0.4, 0.5) is 4.79 Å². The normalized spacial score (nSPS) is 33.0. The minimum Gasteiger partial charge on any atom is -0.341 e. The number of hydrogen-bond donors (Lipinski definition) is 1. The van der Waals surface area contributed by atoms with E-state index in [2.05, 4.69) is 0 Å². The molecule has 2 N–H and O–H groups in total. The third-order valence-corrected chi connectivity index (χ3v) is 7.04. The van der Waals surface area contributed by atoms with Gasteiger partial charge in [0.05, 0.1) is 0 Å². The number of rotatable bonds is 2.